The van der Waals surface area contributed by atoms with E-state index in [1.54, 1.807) is 11.3 Å². The number of benzene rings is 1. The Balaban J connectivity index is 2.01. The predicted molar refractivity (Wildman–Crippen MR) is 86.1 cm³/mol. The van der Waals surface area contributed by atoms with Crippen LogP contribution < -0.4 is 10.6 Å². The van der Waals surface area contributed by atoms with Gasteiger partial charge in [0.15, 0.2) is 0 Å². The van der Waals surface area contributed by atoms with Crippen LogP contribution in [-0.4, -0.2) is 18.5 Å². The third-order valence-electron chi connectivity index (χ3n) is 2.89. The maximum Gasteiger partial charge on any atom is 0.225 e. The van der Waals surface area contributed by atoms with Gasteiger partial charge in [0, 0.05) is 35.1 Å². The molecule has 0 fully saturated rings. The van der Waals surface area contributed by atoms with Crippen LogP contribution in [0.2, 0.25) is 0 Å². The van der Waals surface area contributed by atoms with E-state index < -0.39 is 0 Å². The smallest absolute Gasteiger partial charge is 0.225 e. The van der Waals surface area contributed by atoms with Crippen LogP contribution in [0.3, 0.4) is 0 Å². The largest absolute Gasteiger partial charge is 0.325 e. The second kappa shape index (κ2) is 7.22. The van der Waals surface area contributed by atoms with E-state index in [9.17, 15) is 4.79 Å². The molecule has 0 atom stereocenters. The van der Waals surface area contributed by atoms with Crippen molar-refractivity contribution in [3.8, 4) is 10.4 Å². The van der Waals surface area contributed by atoms with E-state index in [4.69, 9.17) is 0 Å². The summed E-state index contributed by atoms with van der Waals surface area (Å²) >= 11 is 1.68. The molecule has 20 heavy (non-hydrogen) atoms. The zero-order valence-electron chi connectivity index (χ0n) is 11.8. The Morgan fingerprint density at radius 2 is 2.00 bits per heavy atom. The van der Waals surface area contributed by atoms with Gasteiger partial charge >= 0.3 is 0 Å². The molecule has 2 N–H and O–H groups in total. The fourth-order valence-corrected chi connectivity index (χ4v) is 2.69. The average Bonchev–Trinajstić information content (AvgIpc) is 2.92. The molecule has 0 spiro atoms. The fourth-order valence-electron chi connectivity index (χ4n) is 1.93. The number of nitrogens with one attached hydrogen (secondary N) is 2. The number of hydrogen-bond donors (Lipinski definition) is 2. The standard InChI is InChI=1S/C16H20N2OS/c1-12(2)17-10-9-16(19)18-14-7-4-3-6-13(14)15-8-5-11-20-15/h3-8,11-12,17H,9-10H2,1-2H3,(H,18,19). The molecule has 0 aliphatic rings. The summed E-state index contributed by atoms with van der Waals surface area (Å²) in [5.74, 6) is 0.0437. The molecule has 0 saturated heterocycles. The molecule has 2 aromatic rings. The molecule has 3 nitrogen and oxygen atoms in total. The Kier molecular flexibility index (Phi) is 5.32. The van der Waals surface area contributed by atoms with E-state index in [0.717, 1.165) is 11.3 Å². The molecule has 1 aromatic heterocycles. The lowest BCUT2D eigenvalue weighted by molar-refractivity contribution is -0.116. The highest BCUT2D eigenvalue weighted by Gasteiger charge is 2.08. The van der Waals surface area contributed by atoms with Crippen molar-refractivity contribution in [2.24, 2.45) is 0 Å². The van der Waals surface area contributed by atoms with E-state index in [1.807, 2.05) is 35.7 Å². The zero-order chi connectivity index (χ0) is 14.4. The maximum atomic E-state index is 12.0. The van der Waals surface area contributed by atoms with Crippen molar-refractivity contribution in [2.75, 3.05) is 11.9 Å². The minimum absolute atomic E-state index is 0.0437. The molecule has 0 unspecified atom stereocenters. The van der Waals surface area contributed by atoms with Crippen molar-refractivity contribution in [1.82, 2.24) is 5.32 Å². The van der Waals surface area contributed by atoms with E-state index in [0.29, 0.717) is 19.0 Å². The number of hydrogen-bond acceptors (Lipinski definition) is 3. The molecule has 0 radical (unpaired) electrons. The molecule has 0 aliphatic heterocycles. The molecule has 106 valence electrons. The molecule has 0 saturated carbocycles. The normalized spacial score (nSPS) is 10.8. The van der Waals surface area contributed by atoms with Crippen molar-refractivity contribution in [1.29, 1.82) is 0 Å². The average molecular weight is 288 g/mol. The van der Waals surface area contributed by atoms with Crippen LogP contribution >= 0.6 is 11.3 Å². The summed E-state index contributed by atoms with van der Waals surface area (Å²) in [6, 6.07) is 12.4. The molecule has 0 bridgehead atoms. The van der Waals surface area contributed by atoms with Crippen LogP contribution in [0.4, 0.5) is 5.69 Å². The topological polar surface area (TPSA) is 41.1 Å². The first kappa shape index (κ1) is 14.8. The molecular weight excluding hydrogens is 268 g/mol. The summed E-state index contributed by atoms with van der Waals surface area (Å²) < 4.78 is 0. The lowest BCUT2D eigenvalue weighted by atomic mass is 10.1. The second-order valence-electron chi connectivity index (χ2n) is 4.93. The highest BCUT2D eigenvalue weighted by Crippen LogP contribution is 2.31. The summed E-state index contributed by atoms with van der Waals surface area (Å²) in [6.45, 7) is 4.85. The number of carbonyl (C=O) groups excluding carboxylic acids is 1. The van der Waals surface area contributed by atoms with Crippen LogP contribution in [0.5, 0.6) is 0 Å². The van der Waals surface area contributed by atoms with Gasteiger partial charge in [0.25, 0.3) is 0 Å². The Morgan fingerprint density at radius 1 is 1.20 bits per heavy atom. The molecule has 1 heterocycles. The monoisotopic (exact) mass is 288 g/mol. The van der Waals surface area contributed by atoms with E-state index in [1.165, 1.54) is 4.88 Å². The predicted octanol–water partition coefficient (Wildman–Crippen LogP) is 3.74. The van der Waals surface area contributed by atoms with Gasteiger partial charge in [-0.2, -0.15) is 0 Å². The van der Waals surface area contributed by atoms with E-state index >= 15 is 0 Å². The Morgan fingerprint density at radius 3 is 2.70 bits per heavy atom. The van der Waals surface area contributed by atoms with Crippen LogP contribution in [-0.2, 0) is 4.79 Å². The van der Waals surface area contributed by atoms with Crippen LogP contribution in [0.25, 0.3) is 10.4 Å². The first-order chi connectivity index (χ1) is 9.66. The Labute approximate surface area is 124 Å². The lowest BCUT2D eigenvalue weighted by Gasteiger charge is -2.11. The lowest BCUT2D eigenvalue weighted by Crippen LogP contribution is -2.27. The van der Waals surface area contributed by atoms with Crippen molar-refractivity contribution in [3.05, 3.63) is 41.8 Å². The minimum atomic E-state index is 0.0437. The molecule has 1 amide bonds. The van der Waals surface area contributed by atoms with Gasteiger partial charge in [-0.3, -0.25) is 4.79 Å². The van der Waals surface area contributed by atoms with Crippen LogP contribution in [0, 0.1) is 0 Å². The highest BCUT2D eigenvalue weighted by molar-refractivity contribution is 7.13. The van der Waals surface area contributed by atoms with Gasteiger partial charge in [-0.15, -0.1) is 11.3 Å². The molecule has 0 aliphatic carbocycles. The van der Waals surface area contributed by atoms with Crippen molar-refractivity contribution in [2.45, 2.75) is 26.3 Å². The third kappa shape index (κ3) is 4.18. The SMILES string of the molecule is CC(C)NCCC(=O)Nc1ccccc1-c1cccs1. The number of para-hydroxylation sites is 1. The number of thiophene rings is 1. The molecule has 1 aromatic carbocycles. The molecule has 2 rings (SSSR count). The third-order valence-corrected chi connectivity index (χ3v) is 3.80. The molecule has 4 heteroatoms. The van der Waals surface area contributed by atoms with Gasteiger partial charge in [-0.25, -0.2) is 0 Å². The van der Waals surface area contributed by atoms with E-state index in [2.05, 4.69) is 30.5 Å². The summed E-state index contributed by atoms with van der Waals surface area (Å²) in [5, 5.41) is 8.29. The molecular formula is C16H20N2OS. The van der Waals surface area contributed by atoms with Gasteiger partial charge in [-0.05, 0) is 17.5 Å². The number of amides is 1. The van der Waals surface area contributed by atoms with Crippen molar-refractivity contribution >= 4 is 22.9 Å². The minimum Gasteiger partial charge on any atom is -0.325 e. The second-order valence-corrected chi connectivity index (χ2v) is 5.88. The summed E-state index contributed by atoms with van der Waals surface area (Å²) in [7, 11) is 0. The van der Waals surface area contributed by atoms with Crippen molar-refractivity contribution in [3.63, 3.8) is 0 Å². The quantitative estimate of drug-likeness (QED) is 0.850. The first-order valence-electron chi connectivity index (χ1n) is 6.83. The Hall–Kier alpha value is -1.65. The van der Waals surface area contributed by atoms with Crippen LogP contribution in [0.15, 0.2) is 41.8 Å². The fraction of sp³-hybridized carbons (Fsp3) is 0.312. The number of rotatable bonds is 6. The van der Waals surface area contributed by atoms with Gasteiger partial charge < -0.3 is 10.6 Å². The summed E-state index contributed by atoms with van der Waals surface area (Å²) in [6.07, 6.45) is 0.483. The van der Waals surface area contributed by atoms with Gasteiger partial charge in [0.05, 0.1) is 0 Å². The summed E-state index contributed by atoms with van der Waals surface area (Å²) in [5.41, 5.74) is 1.96. The zero-order valence-corrected chi connectivity index (χ0v) is 12.7. The van der Waals surface area contributed by atoms with Crippen molar-refractivity contribution < 1.29 is 4.79 Å². The number of anilines is 1. The highest BCUT2D eigenvalue weighted by atomic mass is 32.1. The first-order valence-corrected chi connectivity index (χ1v) is 7.71. The number of carbonyl (C=O) groups is 1. The van der Waals surface area contributed by atoms with Gasteiger partial charge in [0.1, 0.15) is 0 Å². The van der Waals surface area contributed by atoms with Gasteiger partial charge in [0.2, 0.25) is 5.91 Å². The van der Waals surface area contributed by atoms with E-state index in [-0.39, 0.29) is 5.91 Å². The summed E-state index contributed by atoms with van der Waals surface area (Å²) in [4.78, 5) is 13.1. The Bertz CT molecular complexity index is 549. The van der Waals surface area contributed by atoms with Crippen LogP contribution in [0.1, 0.15) is 20.3 Å². The maximum absolute atomic E-state index is 12.0. The van der Waals surface area contributed by atoms with Gasteiger partial charge in [-0.1, -0.05) is 38.1 Å².